The van der Waals surface area contributed by atoms with Gasteiger partial charge in [-0.3, -0.25) is 34.4 Å². The maximum absolute atomic E-state index is 13.0. The Morgan fingerprint density at radius 1 is 1.20 bits per heavy atom. The number of aliphatic imine (C=N–C) groups is 1. The first kappa shape index (κ1) is 29.4. The number of aliphatic hydroxyl groups is 1. The highest BCUT2D eigenvalue weighted by molar-refractivity contribution is 8.07. The van der Waals surface area contributed by atoms with Crippen LogP contribution in [0.3, 0.4) is 0 Å². The van der Waals surface area contributed by atoms with Gasteiger partial charge in [0.2, 0.25) is 0 Å². The van der Waals surface area contributed by atoms with Gasteiger partial charge in [-0.25, -0.2) is 14.5 Å². The van der Waals surface area contributed by atoms with Gasteiger partial charge in [-0.05, 0) is 30.7 Å². The van der Waals surface area contributed by atoms with Crippen LogP contribution in [-0.4, -0.2) is 110 Å². The zero-order valence-electron chi connectivity index (χ0n) is 21.3. The molecule has 1 amide bonds. The summed E-state index contributed by atoms with van der Waals surface area (Å²) in [6.45, 7) is -4.75. The molecule has 1 saturated carbocycles. The van der Waals surface area contributed by atoms with Crippen molar-refractivity contribution in [2.75, 3.05) is 18.5 Å². The van der Waals surface area contributed by atoms with Crippen LogP contribution in [0.15, 0.2) is 23.6 Å². The van der Waals surface area contributed by atoms with Crippen LogP contribution in [0.2, 0.25) is 0 Å². The number of hydrogen-bond donors (Lipinski definition) is 7. The van der Waals surface area contributed by atoms with Gasteiger partial charge in [-0.1, -0.05) is 0 Å². The molecule has 1 aromatic heterocycles. The monoisotopic (exact) mass is 636 g/mol. The number of ether oxygens (including phenoxy) is 1. The molecule has 0 radical (unpaired) electrons. The lowest BCUT2D eigenvalue weighted by Crippen LogP contribution is -2.70. The Balaban J connectivity index is 1.22. The van der Waals surface area contributed by atoms with E-state index < -0.39 is 82.1 Å². The highest BCUT2D eigenvalue weighted by Crippen LogP contribution is 2.53. The molecule has 41 heavy (non-hydrogen) atoms. The predicted octanol–water partition coefficient (Wildman–Crippen LogP) is -2.11. The average molecular weight is 637 g/mol. The first-order valence-electron chi connectivity index (χ1n) is 12.8. The third kappa shape index (κ3) is 6.33. The summed E-state index contributed by atoms with van der Waals surface area (Å²) in [5.41, 5.74) is 5.86. The fourth-order valence-corrected chi connectivity index (χ4v) is 8.04. The molecular formula is C20H30N8O10P2S. The zero-order valence-corrected chi connectivity index (χ0v) is 23.9. The summed E-state index contributed by atoms with van der Waals surface area (Å²) in [5.74, 6) is -0.346. The van der Waals surface area contributed by atoms with Crippen molar-refractivity contribution in [2.45, 2.75) is 68.0 Å². The minimum atomic E-state index is -4.65. The van der Waals surface area contributed by atoms with Crippen LogP contribution in [0, 0.1) is 5.92 Å². The van der Waals surface area contributed by atoms with Gasteiger partial charge in [-0.15, -0.1) is 0 Å². The van der Waals surface area contributed by atoms with Gasteiger partial charge < -0.3 is 39.7 Å². The van der Waals surface area contributed by atoms with Crippen molar-refractivity contribution in [2.24, 2.45) is 16.6 Å². The van der Waals surface area contributed by atoms with Crippen molar-refractivity contribution in [1.29, 1.82) is 0 Å². The van der Waals surface area contributed by atoms with E-state index in [9.17, 15) is 24.3 Å². The third-order valence-electron chi connectivity index (χ3n) is 7.45. The van der Waals surface area contributed by atoms with Crippen LogP contribution in [0.25, 0.3) is 0 Å². The summed E-state index contributed by atoms with van der Waals surface area (Å²) in [6.07, 6.45) is -2.63. The van der Waals surface area contributed by atoms with E-state index in [2.05, 4.69) is 30.9 Å². The van der Waals surface area contributed by atoms with Crippen molar-refractivity contribution in [3.8, 4) is 0 Å². The Morgan fingerprint density at radius 2 is 2.02 bits per heavy atom. The molecular weight excluding hydrogens is 606 g/mol. The molecule has 3 saturated heterocycles. The summed E-state index contributed by atoms with van der Waals surface area (Å²) >= 11 is 5.29. The second-order valence-electron chi connectivity index (χ2n) is 10.2. The van der Waals surface area contributed by atoms with E-state index >= 15 is 0 Å². The summed E-state index contributed by atoms with van der Waals surface area (Å²) in [5, 5.41) is 19.8. The van der Waals surface area contributed by atoms with Crippen molar-refractivity contribution in [3.05, 3.63) is 18.6 Å². The molecule has 5 aliphatic rings. The van der Waals surface area contributed by atoms with E-state index in [1.807, 2.05) is 0 Å². The van der Waals surface area contributed by atoms with Crippen LogP contribution in [0.4, 0.5) is 5.82 Å². The first-order chi connectivity index (χ1) is 19.5. The maximum Gasteiger partial charge on any atom is 0.472 e. The number of hydrogen-bond acceptors (Lipinski definition) is 16. The van der Waals surface area contributed by atoms with Gasteiger partial charge in [0.1, 0.15) is 42.9 Å². The van der Waals surface area contributed by atoms with Gasteiger partial charge >= 0.3 is 14.5 Å². The summed E-state index contributed by atoms with van der Waals surface area (Å²) in [6, 6.07) is 0.592. The molecule has 1 aliphatic carbocycles. The molecule has 5 heterocycles. The quantitative estimate of drug-likeness (QED) is 0.175. The second kappa shape index (κ2) is 11.4. The van der Waals surface area contributed by atoms with Gasteiger partial charge in [0.15, 0.2) is 12.3 Å². The van der Waals surface area contributed by atoms with E-state index in [4.69, 9.17) is 40.4 Å². The van der Waals surface area contributed by atoms with E-state index in [0.717, 1.165) is 0 Å². The first-order valence-corrected chi connectivity index (χ1v) is 16.9. The van der Waals surface area contributed by atoms with Crippen LogP contribution >= 0.6 is 14.5 Å². The Bertz CT molecular complexity index is 1270. The van der Waals surface area contributed by atoms with Crippen LogP contribution in [0.5, 0.6) is 0 Å². The molecule has 226 valence electrons. The number of fused-ring (bicyclic) bond motifs is 4. The van der Waals surface area contributed by atoms with Crippen molar-refractivity contribution >= 4 is 44.4 Å². The summed E-state index contributed by atoms with van der Waals surface area (Å²) in [7, 11) is -4.65. The van der Waals surface area contributed by atoms with E-state index in [0.29, 0.717) is 18.7 Å². The number of nitrogens with one attached hydrogen (secondary N) is 3. The number of anilines is 1. The van der Waals surface area contributed by atoms with Gasteiger partial charge in [0.25, 0.3) is 5.91 Å². The number of nitrogens with two attached hydrogens (primary N) is 1. The third-order valence-corrected chi connectivity index (χ3v) is 10.0. The number of carbonyl (C=O) groups excluding carboxylic acids is 1. The standard InChI is InChI=1S/C20H30N8O10P2S/c21-20-26-17-14(18(30)27-20)24-8-28(17)19-16-15(29)12(36-19)6-34-39(31,32)37-11-4-10(25-13-1-2-22-7-23-13)3-9(11)5-35-40(33,41)38-16/h1-2,7-12,14-17,19-20,26,29H,3-6,21H2,(H,27,30)(H,31,32)(H,33,41)(H,22,23,25)/t9-,10-,11+,12-,14?,15-,16-,17?,19-,20?,40?/m1/s1. The van der Waals surface area contributed by atoms with Crippen LogP contribution in [-0.2, 0) is 44.0 Å². The fraction of sp³-hybridized carbons (Fsp3) is 0.700. The summed E-state index contributed by atoms with van der Waals surface area (Å²) < 4.78 is 41.2. The SMILES string of the molecule is NC1NC(=O)C2N=CN([C@@H]3O[C@@H]4COP(=O)(O)O[C@H]5C[C@H](Nc6ccncn6)C[C@@H]5COP(O)(=S)O[C@@H]3[C@@H]4O)C2N1. The van der Waals surface area contributed by atoms with Gasteiger partial charge in [0.05, 0.1) is 25.7 Å². The Hall–Kier alpha value is -1.70. The number of aliphatic hydroxyl groups excluding tert-OH is 1. The van der Waals surface area contributed by atoms with Crippen LogP contribution in [0.1, 0.15) is 12.8 Å². The number of phosphoric ester groups is 1. The normalized spacial score (nSPS) is 46.5. The lowest BCUT2D eigenvalue weighted by atomic mass is 10.1. The number of nitrogens with zero attached hydrogens (tertiary/aromatic N) is 4. The van der Waals surface area contributed by atoms with Crippen molar-refractivity contribution in [3.63, 3.8) is 0 Å². The van der Waals surface area contributed by atoms with Gasteiger partial charge in [-0.2, -0.15) is 0 Å². The number of aromatic nitrogens is 2. The molecule has 18 nitrogen and oxygen atoms in total. The lowest BCUT2D eigenvalue weighted by Gasteiger charge is -2.39. The molecule has 4 aliphatic heterocycles. The molecule has 5 unspecified atom stereocenters. The molecule has 8 N–H and O–H groups in total. The molecule has 0 aromatic carbocycles. The van der Waals surface area contributed by atoms with Crippen LogP contribution < -0.4 is 21.7 Å². The molecule has 12 atom stereocenters. The van der Waals surface area contributed by atoms with Crippen molar-refractivity contribution < 1.29 is 47.1 Å². The van der Waals surface area contributed by atoms with Crippen molar-refractivity contribution in [1.82, 2.24) is 25.5 Å². The van der Waals surface area contributed by atoms with E-state index in [-0.39, 0.29) is 12.6 Å². The smallest absolute Gasteiger partial charge is 0.387 e. The summed E-state index contributed by atoms with van der Waals surface area (Å²) in [4.78, 5) is 47.6. The highest BCUT2D eigenvalue weighted by atomic mass is 32.5. The number of rotatable bonds is 3. The molecule has 21 heteroatoms. The topological polar surface area (TPSA) is 244 Å². The Kier molecular flexibility index (Phi) is 8.18. The minimum Gasteiger partial charge on any atom is -0.387 e. The second-order valence-corrected chi connectivity index (χ2v) is 14.4. The van der Waals surface area contributed by atoms with E-state index in [1.165, 1.54) is 17.6 Å². The molecule has 4 fully saturated rings. The molecule has 6 rings (SSSR count). The zero-order chi connectivity index (χ0) is 28.9. The maximum atomic E-state index is 13.0. The average Bonchev–Trinajstić information content (AvgIpc) is 3.57. The van der Waals surface area contributed by atoms with Gasteiger partial charge in [0, 0.05) is 18.2 Å². The predicted molar refractivity (Wildman–Crippen MR) is 142 cm³/mol. The minimum absolute atomic E-state index is 0.176. The number of amides is 1. The molecule has 2 bridgehead atoms. The fourth-order valence-electron chi connectivity index (χ4n) is 5.59. The molecule has 1 aromatic rings. The highest BCUT2D eigenvalue weighted by Gasteiger charge is 2.55. The lowest BCUT2D eigenvalue weighted by molar-refractivity contribution is -0.130. The molecule has 0 spiro atoms. The Morgan fingerprint density at radius 3 is 2.80 bits per heavy atom. The number of phosphoric acid groups is 1. The van der Waals surface area contributed by atoms with E-state index in [1.54, 1.807) is 12.3 Å². The Labute approximate surface area is 238 Å². The largest absolute Gasteiger partial charge is 0.472 e. The number of carbonyl (C=O) groups is 1.